The summed E-state index contributed by atoms with van der Waals surface area (Å²) in [6.45, 7) is 7.06. The van der Waals surface area contributed by atoms with E-state index in [0.717, 1.165) is 27.7 Å². The molecule has 0 radical (unpaired) electrons. The summed E-state index contributed by atoms with van der Waals surface area (Å²) in [6.07, 6.45) is 0. The van der Waals surface area contributed by atoms with Gasteiger partial charge in [-0.05, 0) is 50.6 Å². The van der Waals surface area contributed by atoms with Gasteiger partial charge in [-0.15, -0.1) is 0 Å². The van der Waals surface area contributed by atoms with E-state index in [-0.39, 0.29) is 5.91 Å². The maximum atomic E-state index is 13.8. The van der Waals surface area contributed by atoms with Crippen LogP contribution in [0.15, 0.2) is 42.5 Å². The molecule has 0 atom stereocenters. The summed E-state index contributed by atoms with van der Waals surface area (Å²) in [4.78, 5) is 17.9. The molecule has 24 heavy (non-hydrogen) atoms. The van der Waals surface area contributed by atoms with Crippen LogP contribution in [0.2, 0.25) is 0 Å². The van der Waals surface area contributed by atoms with Crippen molar-refractivity contribution >= 4 is 16.8 Å². The van der Waals surface area contributed by atoms with Gasteiger partial charge in [0.15, 0.2) is 0 Å². The predicted octanol–water partition coefficient (Wildman–Crippen LogP) is 4.76. The fourth-order valence-electron chi connectivity index (χ4n) is 3.14. The van der Waals surface area contributed by atoms with Crippen molar-refractivity contribution in [3.8, 4) is 11.3 Å². The predicted molar refractivity (Wildman–Crippen MR) is 95.7 cm³/mol. The average Bonchev–Trinajstić information content (AvgIpc) is 2.93. The highest BCUT2D eigenvalue weighted by atomic mass is 19.1. The van der Waals surface area contributed by atoms with Crippen LogP contribution in [0.4, 0.5) is 4.39 Å². The number of para-hydroxylation sites is 1. The van der Waals surface area contributed by atoms with Gasteiger partial charge in [-0.2, -0.15) is 0 Å². The van der Waals surface area contributed by atoms with Crippen LogP contribution in [0.5, 0.6) is 0 Å². The second-order valence-corrected chi connectivity index (χ2v) is 5.84. The van der Waals surface area contributed by atoms with E-state index < -0.39 is 5.82 Å². The lowest BCUT2D eigenvalue weighted by Gasteiger charge is -2.20. The first-order chi connectivity index (χ1) is 11.6. The number of aromatic nitrogens is 1. The summed E-state index contributed by atoms with van der Waals surface area (Å²) in [5.41, 5.74) is 4.07. The van der Waals surface area contributed by atoms with E-state index >= 15 is 0 Å². The molecule has 0 aliphatic heterocycles. The van der Waals surface area contributed by atoms with Crippen molar-refractivity contribution in [3.05, 3.63) is 59.4 Å². The normalized spacial score (nSPS) is 11.0. The van der Waals surface area contributed by atoms with Crippen LogP contribution in [0.1, 0.15) is 29.8 Å². The molecule has 1 heterocycles. The second kappa shape index (κ2) is 6.48. The summed E-state index contributed by atoms with van der Waals surface area (Å²) < 4.78 is 13.8. The van der Waals surface area contributed by atoms with Gasteiger partial charge in [-0.3, -0.25) is 4.79 Å². The minimum Gasteiger partial charge on any atom is -0.354 e. The Hall–Kier alpha value is -2.62. The second-order valence-electron chi connectivity index (χ2n) is 5.84. The molecular weight excluding hydrogens is 303 g/mol. The van der Waals surface area contributed by atoms with Crippen LogP contribution in [-0.4, -0.2) is 28.9 Å². The third-order valence-corrected chi connectivity index (χ3v) is 4.50. The summed E-state index contributed by atoms with van der Waals surface area (Å²) in [5, 5.41) is 1.11. The number of benzene rings is 2. The van der Waals surface area contributed by atoms with Gasteiger partial charge >= 0.3 is 0 Å². The number of hydrogen-bond donors (Lipinski definition) is 1. The standard InChI is InChI=1S/C20H21FN2O/c1-4-23(5-2)20(24)17-12-14(21)10-11-16(17)19-13(3)15-8-6-7-9-18(15)22-19/h6-12,22H,4-5H2,1-3H3. The summed E-state index contributed by atoms with van der Waals surface area (Å²) in [7, 11) is 0. The van der Waals surface area contributed by atoms with Crippen molar-refractivity contribution < 1.29 is 9.18 Å². The van der Waals surface area contributed by atoms with Gasteiger partial charge in [0.2, 0.25) is 0 Å². The maximum Gasteiger partial charge on any atom is 0.254 e. The number of halogens is 1. The van der Waals surface area contributed by atoms with Crippen LogP contribution in [0.25, 0.3) is 22.2 Å². The first-order valence-corrected chi connectivity index (χ1v) is 8.23. The van der Waals surface area contributed by atoms with E-state index in [1.54, 1.807) is 11.0 Å². The van der Waals surface area contributed by atoms with Crippen molar-refractivity contribution in [1.82, 2.24) is 9.88 Å². The lowest BCUT2D eigenvalue weighted by molar-refractivity contribution is 0.0773. The molecule has 0 saturated carbocycles. The highest BCUT2D eigenvalue weighted by Crippen LogP contribution is 2.32. The fraction of sp³-hybridized carbons (Fsp3) is 0.250. The smallest absolute Gasteiger partial charge is 0.254 e. The average molecular weight is 324 g/mol. The Bertz CT molecular complexity index is 894. The molecule has 3 rings (SSSR count). The first kappa shape index (κ1) is 16.2. The van der Waals surface area contributed by atoms with E-state index in [0.29, 0.717) is 18.7 Å². The summed E-state index contributed by atoms with van der Waals surface area (Å²) in [5.74, 6) is -0.546. The van der Waals surface area contributed by atoms with Gasteiger partial charge in [0.25, 0.3) is 5.91 Å². The fourth-order valence-corrected chi connectivity index (χ4v) is 3.14. The lowest BCUT2D eigenvalue weighted by atomic mass is 10.00. The number of rotatable bonds is 4. The number of nitrogens with zero attached hydrogens (tertiary/aromatic N) is 1. The van der Waals surface area contributed by atoms with Crippen LogP contribution in [0.3, 0.4) is 0 Å². The Morgan fingerprint density at radius 3 is 2.50 bits per heavy atom. The molecule has 3 nitrogen and oxygen atoms in total. The molecule has 0 unspecified atom stereocenters. The van der Waals surface area contributed by atoms with Crippen LogP contribution in [-0.2, 0) is 0 Å². The molecule has 0 aliphatic carbocycles. The van der Waals surface area contributed by atoms with Crippen LogP contribution >= 0.6 is 0 Å². The lowest BCUT2D eigenvalue weighted by Crippen LogP contribution is -2.31. The Labute approximate surface area is 141 Å². The molecule has 1 N–H and O–H groups in total. The van der Waals surface area contributed by atoms with Crippen molar-refractivity contribution in [2.75, 3.05) is 13.1 Å². The Morgan fingerprint density at radius 1 is 1.12 bits per heavy atom. The first-order valence-electron chi connectivity index (χ1n) is 8.23. The molecule has 1 amide bonds. The molecule has 1 aromatic heterocycles. The number of carbonyl (C=O) groups is 1. The van der Waals surface area contributed by atoms with E-state index in [1.165, 1.54) is 12.1 Å². The quantitative estimate of drug-likeness (QED) is 0.737. The van der Waals surface area contributed by atoms with Crippen LogP contribution < -0.4 is 0 Å². The molecular formula is C20H21FN2O. The molecule has 4 heteroatoms. The molecule has 2 aromatic carbocycles. The van der Waals surface area contributed by atoms with E-state index in [1.807, 2.05) is 45.0 Å². The van der Waals surface area contributed by atoms with Crippen molar-refractivity contribution in [2.45, 2.75) is 20.8 Å². The number of fused-ring (bicyclic) bond motifs is 1. The van der Waals surface area contributed by atoms with Crippen molar-refractivity contribution in [2.24, 2.45) is 0 Å². The highest BCUT2D eigenvalue weighted by molar-refractivity contribution is 6.02. The van der Waals surface area contributed by atoms with E-state index in [2.05, 4.69) is 4.98 Å². The number of carbonyl (C=O) groups excluding carboxylic acids is 1. The van der Waals surface area contributed by atoms with Gasteiger partial charge in [0.05, 0.1) is 11.3 Å². The van der Waals surface area contributed by atoms with E-state index in [9.17, 15) is 9.18 Å². The zero-order valence-corrected chi connectivity index (χ0v) is 14.2. The number of aryl methyl sites for hydroxylation is 1. The van der Waals surface area contributed by atoms with Crippen LogP contribution in [0, 0.1) is 12.7 Å². The molecule has 0 bridgehead atoms. The molecule has 3 aromatic rings. The van der Waals surface area contributed by atoms with E-state index in [4.69, 9.17) is 0 Å². The summed E-state index contributed by atoms with van der Waals surface area (Å²) >= 11 is 0. The molecule has 0 fully saturated rings. The van der Waals surface area contributed by atoms with Crippen molar-refractivity contribution in [1.29, 1.82) is 0 Å². The minimum absolute atomic E-state index is 0.146. The van der Waals surface area contributed by atoms with Gasteiger partial charge in [0, 0.05) is 29.6 Å². The third kappa shape index (κ3) is 2.68. The number of aromatic amines is 1. The monoisotopic (exact) mass is 324 g/mol. The molecule has 0 saturated heterocycles. The number of amides is 1. The number of H-pyrrole nitrogens is 1. The van der Waals surface area contributed by atoms with Gasteiger partial charge in [0.1, 0.15) is 5.82 Å². The zero-order chi connectivity index (χ0) is 17.3. The Balaban J connectivity index is 2.20. The largest absolute Gasteiger partial charge is 0.354 e. The van der Waals surface area contributed by atoms with Crippen molar-refractivity contribution in [3.63, 3.8) is 0 Å². The number of hydrogen-bond acceptors (Lipinski definition) is 1. The summed E-state index contributed by atoms with van der Waals surface area (Å²) in [6, 6.07) is 12.4. The Kier molecular flexibility index (Phi) is 4.38. The third-order valence-electron chi connectivity index (χ3n) is 4.50. The maximum absolute atomic E-state index is 13.8. The topological polar surface area (TPSA) is 36.1 Å². The molecule has 124 valence electrons. The highest BCUT2D eigenvalue weighted by Gasteiger charge is 2.21. The Morgan fingerprint density at radius 2 is 1.83 bits per heavy atom. The minimum atomic E-state index is -0.400. The molecule has 0 aliphatic rings. The van der Waals surface area contributed by atoms with Gasteiger partial charge in [-0.1, -0.05) is 18.2 Å². The number of nitrogens with one attached hydrogen (secondary N) is 1. The molecule has 0 spiro atoms. The zero-order valence-electron chi connectivity index (χ0n) is 14.2. The van der Waals surface area contributed by atoms with Gasteiger partial charge < -0.3 is 9.88 Å². The SMILES string of the molecule is CCN(CC)C(=O)c1cc(F)ccc1-c1[nH]c2ccccc2c1C. The van der Waals surface area contributed by atoms with Gasteiger partial charge in [-0.25, -0.2) is 4.39 Å².